The highest BCUT2D eigenvalue weighted by atomic mass is 19.4. The number of hydrogen-bond acceptors (Lipinski definition) is 2. The molecule has 1 unspecified atom stereocenters. The quantitative estimate of drug-likeness (QED) is 0.671. The summed E-state index contributed by atoms with van der Waals surface area (Å²) in [4.78, 5) is 0. The lowest BCUT2D eigenvalue weighted by molar-refractivity contribution is -0.427. The second-order valence-corrected chi connectivity index (χ2v) is 4.66. The molecule has 0 rings (SSSR count). The van der Waals surface area contributed by atoms with Gasteiger partial charge in [-0.2, -0.15) is 43.9 Å². The summed E-state index contributed by atoms with van der Waals surface area (Å²) in [6, 6.07) is 0. The van der Waals surface area contributed by atoms with Gasteiger partial charge in [0, 0.05) is 6.42 Å². The Balaban J connectivity index is 5.61. The predicted octanol–water partition coefficient (Wildman–Crippen LogP) is 3.61. The van der Waals surface area contributed by atoms with E-state index in [9.17, 15) is 48.3 Å². The van der Waals surface area contributed by atoms with Gasteiger partial charge in [-0.15, -0.1) is 0 Å². The number of rotatable bonds is 7. The van der Waals surface area contributed by atoms with E-state index < -0.39 is 61.8 Å². The minimum Gasteiger partial charge on any atom is -0.394 e. The van der Waals surface area contributed by atoms with Gasteiger partial charge < -0.3 is 10.2 Å². The second kappa shape index (κ2) is 6.57. The van der Waals surface area contributed by atoms with E-state index in [1.165, 1.54) is 0 Å². The third kappa shape index (κ3) is 3.98. The van der Waals surface area contributed by atoms with E-state index in [4.69, 9.17) is 10.2 Å². The molecule has 0 heterocycles. The molecule has 0 amide bonds. The van der Waals surface area contributed by atoms with E-state index in [1.54, 1.807) is 0 Å². The summed E-state index contributed by atoms with van der Waals surface area (Å²) in [7, 11) is 0. The van der Waals surface area contributed by atoms with Crippen molar-refractivity contribution >= 4 is 0 Å². The maximum atomic E-state index is 13.2. The Kier molecular flexibility index (Phi) is 6.33. The Bertz CT molecular complexity index is 373. The van der Waals surface area contributed by atoms with Crippen LogP contribution in [0.15, 0.2) is 0 Å². The molecule has 0 fully saturated rings. The first-order valence-electron chi connectivity index (χ1n) is 5.82. The zero-order valence-corrected chi connectivity index (χ0v) is 11.0. The van der Waals surface area contributed by atoms with Gasteiger partial charge in [0.25, 0.3) is 0 Å². The fourth-order valence-corrected chi connectivity index (χ4v) is 1.58. The van der Waals surface area contributed by atoms with E-state index >= 15 is 0 Å². The van der Waals surface area contributed by atoms with Gasteiger partial charge in [-0.05, 0) is 12.8 Å². The van der Waals surface area contributed by atoms with Crippen molar-refractivity contribution < 1.29 is 58.5 Å². The number of aliphatic hydroxyl groups excluding tert-OH is 2. The first-order chi connectivity index (χ1) is 9.95. The zero-order valence-electron chi connectivity index (χ0n) is 11.0. The van der Waals surface area contributed by atoms with E-state index in [0.29, 0.717) is 0 Å². The number of aliphatic hydroxyl groups is 2. The smallest absolute Gasteiger partial charge is 0.394 e. The van der Waals surface area contributed by atoms with E-state index in [0.717, 1.165) is 0 Å². The molecular formula is C10H11F11O2. The maximum absolute atomic E-state index is 13.2. The molecule has 0 aliphatic carbocycles. The van der Waals surface area contributed by atoms with Crippen LogP contribution in [0, 0.1) is 0 Å². The molecule has 0 radical (unpaired) electrons. The van der Waals surface area contributed by atoms with Gasteiger partial charge in [0.15, 0.2) is 0 Å². The number of halogens is 11. The zero-order chi connectivity index (χ0) is 18.9. The topological polar surface area (TPSA) is 40.5 Å². The van der Waals surface area contributed by atoms with Gasteiger partial charge in [0.05, 0.1) is 12.7 Å². The Morgan fingerprint density at radius 3 is 1.43 bits per heavy atom. The molecule has 2 nitrogen and oxygen atoms in total. The van der Waals surface area contributed by atoms with Crippen LogP contribution in [0.4, 0.5) is 48.3 Å². The average molecular weight is 372 g/mol. The van der Waals surface area contributed by atoms with Crippen molar-refractivity contribution in [1.29, 1.82) is 0 Å². The van der Waals surface area contributed by atoms with E-state index in [2.05, 4.69) is 0 Å². The van der Waals surface area contributed by atoms with Crippen molar-refractivity contribution in [2.45, 2.75) is 55.2 Å². The molecule has 1 atom stereocenters. The fourth-order valence-electron chi connectivity index (χ4n) is 1.58. The lowest BCUT2D eigenvalue weighted by Gasteiger charge is -2.39. The summed E-state index contributed by atoms with van der Waals surface area (Å²) in [5.41, 5.74) is -7.45. The summed E-state index contributed by atoms with van der Waals surface area (Å²) < 4.78 is 139. The first kappa shape index (κ1) is 22.1. The molecule has 13 heteroatoms. The normalized spacial score (nSPS) is 16.6. The fraction of sp³-hybridized carbons (Fsp3) is 1.00. The minimum atomic E-state index is -7.45. The SMILES string of the molecule is OCC(O)CCCC(F)(F)C(F)(F)C(F)(C(F)(F)F)C(F)(F)F. The lowest BCUT2D eigenvalue weighted by Crippen LogP contribution is -2.70. The third-order valence-electron chi connectivity index (χ3n) is 2.91. The molecule has 23 heavy (non-hydrogen) atoms. The molecule has 0 spiro atoms. The van der Waals surface area contributed by atoms with Gasteiger partial charge >= 0.3 is 29.9 Å². The van der Waals surface area contributed by atoms with Crippen LogP contribution in [-0.4, -0.2) is 52.8 Å². The van der Waals surface area contributed by atoms with Crippen molar-refractivity contribution in [3.8, 4) is 0 Å². The average Bonchev–Trinajstić information content (AvgIpc) is 2.34. The Labute approximate surface area is 121 Å². The molecule has 0 saturated heterocycles. The third-order valence-corrected chi connectivity index (χ3v) is 2.91. The molecule has 0 saturated carbocycles. The van der Waals surface area contributed by atoms with Crippen LogP contribution >= 0.6 is 0 Å². The number of hydrogen-bond donors (Lipinski definition) is 2. The highest BCUT2D eigenvalue weighted by Gasteiger charge is 2.89. The standard InChI is InChI=1S/C10H11F11O2/c11-6(12,3-1-2-5(23)4-22)8(14,15)7(13,9(16,17)18)10(19,20)21/h5,22-23H,1-4H2. The van der Waals surface area contributed by atoms with Gasteiger partial charge in [-0.1, -0.05) is 0 Å². The van der Waals surface area contributed by atoms with Gasteiger partial charge in [0.1, 0.15) is 0 Å². The molecule has 0 aliphatic rings. The van der Waals surface area contributed by atoms with Crippen molar-refractivity contribution in [3.63, 3.8) is 0 Å². The predicted molar refractivity (Wildman–Crippen MR) is 52.8 cm³/mol. The van der Waals surface area contributed by atoms with Crippen LogP contribution in [0.3, 0.4) is 0 Å². The summed E-state index contributed by atoms with van der Waals surface area (Å²) >= 11 is 0. The monoisotopic (exact) mass is 372 g/mol. The molecule has 0 aromatic carbocycles. The maximum Gasteiger partial charge on any atom is 0.438 e. The molecule has 140 valence electrons. The summed E-state index contributed by atoms with van der Waals surface area (Å²) in [6.07, 6.45) is -20.7. The molecule has 0 aromatic rings. The van der Waals surface area contributed by atoms with Gasteiger partial charge in [0.2, 0.25) is 0 Å². The number of alkyl halides is 11. The Morgan fingerprint density at radius 1 is 0.739 bits per heavy atom. The molecule has 0 bridgehead atoms. The highest BCUT2D eigenvalue weighted by Crippen LogP contribution is 2.59. The van der Waals surface area contributed by atoms with Crippen LogP contribution in [0.5, 0.6) is 0 Å². The lowest BCUT2D eigenvalue weighted by atomic mass is 9.88. The van der Waals surface area contributed by atoms with Crippen LogP contribution in [0.1, 0.15) is 19.3 Å². The first-order valence-corrected chi connectivity index (χ1v) is 5.82. The van der Waals surface area contributed by atoms with E-state index in [-0.39, 0.29) is 0 Å². The highest BCUT2D eigenvalue weighted by molar-refractivity contribution is 5.10. The summed E-state index contributed by atoms with van der Waals surface area (Å²) in [6.45, 7) is -1.000. The van der Waals surface area contributed by atoms with E-state index in [1.807, 2.05) is 0 Å². The van der Waals surface area contributed by atoms with Crippen molar-refractivity contribution in [3.05, 3.63) is 0 Å². The Morgan fingerprint density at radius 2 is 1.13 bits per heavy atom. The van der Waals surface area contributed by atoms with Gasteiger partial charge in [-0.3, -0.25) is 0 Å². The van der Waals surface area contributed by atoms with Crippen molar-refractivity contribution in [1.82, 2.24) is 0 Å². The minimum absolute atomic E-state index is 0.820. The largest absolute Gasteiger partial charge is 0.438 e. The summed E-state index contributed by atoms with van der Waals surface area (Å²) in [5.74, 6) is -13.2. The molecule has 0 aliphatic heterocycles. The van der Waals surface area contributed by atoms with Crippen LogP contribution in [-0.2, 0) is 0 Å². The van der Waals surface area contributed by atoms with Crippen LogP contribution in [0.25, 0.3) is 0 Å². The van der Waals surface area contributed by atoms with Crippen molar-refractivity contribution in [2.24, 2.45) is 0 Å². The van der Waals surface area contributed by atoms with Crippen molar-refractivity contribution in [2.75, 3.05) is 6.61 Å². The summed E-state index contributed by atoms with van der Waals surface area (Å²) in [5, 5.41) is 17.1. The second-order valence-electron chi connectivity index (χ2n) is 4.66. The molecule has 2 N–H and O–H groups in total. The van der Waals surface area contributed by atoms with Gasteiger partial charge in [-0.25, -0.2) is 4.39 Å². The Hall–Kier alpha value is -0.850. The molecule has 0 aromatic heterocycles. The van der Waals surface area contributed by atoms with Crippen LogP contribution in [0.2, 0.25) is 0 Å². The molecular weight excluding hydrogens is 361 g/mol. The van der Waals surface area contributed by atoms with Crippen LogP contribution < -0.4 is 0 Å².